The minimum Gasteiger partial charge on any atom is -0.496 e. The lowest BCUT2D eigenvalue weighted by Crippen LogP contribution is -2.44. The third-order valence-corrected chi connectivity index (χ3v) is 6.28. The van der Waals surface area contributed by atoms with Crippen LogP contribution in [0.15, 0.2) is 66.0 Å². The summed E-state index contributed by atoms with van der Waals surface area (Å²) in [5.74, 6) is 1.71. The van der Waals surface area contributed by atoms with Gasteiger partial charge in [-0.1, -0.05) is 12.1 Å². The highest BCUT2D eigenvalue weighted by Crippen LogP contribution is 2.29. The van der Waals surface area contributed by atoms with Crippen LogP contribution in [-0.4, -0.2) is 67.4 Å². The molecule has 0 bridgehead atoms. The summed E-state index contributed by atoms with van der Waals surface area (Å²) < 4.78 is 8.20. The zero-order chi connectivity index (χ0) is 25.6. The monoisotopic (exact) mass is 501 g/mol. The highest BCUT2D eigenvalue weighted by atomic mass is 16.5. The van der Waals surface area contributed by atoms with Crippen molar-refractivity contribution in [2.24, 2.45) is 5.92 Å². The van der Waals surface area contributed by atoms with Crippen LogP contribution in [0.5, 0.6) is 5.75 Å². The van der Waals surface area contributed by atoms with Gasteiger partial charge in [0.25, 0.3) is 5.56 Å². The first-order valence-electron chi connectivity index (χ1n) is 12.1. The number of anilines is 1. The maximum absolute atomic E-state index is 12.9. The molecule has 1 saturated heterocycles. The average molecular weight is 502 g/mol. The number of carbonyl (C=O) groups excluding carboxylic acids is 1. The Bertz CT molecular complexity index is 1400. The van der Waals surface area contributed by atoms with E-state index in [1.807, 2.05) is 36.4 Å². The molecule has 37 heavy (non-hydrogen) atoms. The Morgan fingerprint density at radius 1 is 1.11 bits per heavy atom. The second-order valence-electron chi connectivity index (χ2n) is 8.65. The molecule has 0 saturated carbocycles. The fraction of sp³-hybridized carbons (Fsp3) is 0.320. The Balaban J connectivity index is 1.18. The highest BCUT2D eigenvalue weighted by Gasteiger charge is 2.26. The molecule has 1 atom stereocenters. The molecular weight excluding hydrogens is 474 g/mol. The van der Waals surface area contributed by atoms with Crippen LogP contribution in [0.3, 0.4) is 0 Å². The summed E-state index contributed by atoms with van der Waals surface area (Å²) in [5.41, 5.74) is 1.35. The van der Waals surface area contributed by atoms with E-state index in [9.17, 15) is 9.59 Å². The van der Waals surface area contributed by atoms with Gasteiger partial charge in [-0.15, -0.1) is 15.3 Å². The van der Waals surface area contributed by atoms with Gasteiger partial charge >= 0.3 is 0 Å². The molecule has 1 fully saturated rings. The summed E-state index contributed by atoms with van der Waals surface area (Å²) in [5, 5.41) is 20.1. The molecule has 1 aliphatic heterocycles. The van der Waals surface area contributed by atoms with Crippen LogP contribution < -0.4 is 20.5 Å². The van der Waals surface area contributed by atoms with E-state index in [1.54, 1.807) is 13.2 Å². The van der Waals surface area contributed by atoms with Crippen LogP contribution in [-0.2, 0) is 11.3 Å². The molecule has 1 amide bonds. The molecular formula is C25H27N9O3. The van der Waals surface area contributed by atoms with E-state index < -0.39 is 0 Å². The van der Waals surface area contributed by atoms with Crippen molar-refractivity contribution in [3.05, 3.63) is 71.5 Å². The molecule has 0 radical (unpaired) electrons. The molecule has 5 rings (SSSR count). The zero-order valence-corrected chi connectivity index (χ0v) is 20.4. The van der Waals surface area contributed by atoms with Gasteiger partial charge in [0.1, 0.15) is 18.4 Å². The number of hydrogen-bond donors (Lipinski definition) is 1. The van der Waals surface area contributed by atoms with Gasteiger partial charge in [0.05, 0.1) is 25.3 Å². The third kappa shape index (κ3) is 5.47. The van der Waals surface area contributed by atoms with Gasteiger partial charge in [0.2, 0.25) is 5.91 Å². The smallest absolute Gasteiger partial charge is 0.266 e. The van der Waals surface area contributed by atoms with Gasteiger partial charge in [-0.25, -0.2) is 14.3 Å². The van der Waals surface area contributed by atoms with Gasteiger partial charge in [-0.2, -0.15) is 5.10 Å². The Labute approximate surface area is 212 Å². The molecule has 0 aliphatic carbocycles. The predicted octanol–water partition coefficient (Wildman–Crippen LogP) is 1.32. The van der Waals surface area contributed by atoms with Crippen LogP contribution >= 0.6 is 0 Å². The summed E-state index contributed by atoms with van der Waals surface area (Å²) >= 11 is 0. The van der Waals surface area contributed by atoms with E-state index in [2.05, 4.69) is 35.6 Å². The van der Waals surface area contributed by atoms with Gasteiger partial charge in [0.15, 0.2) is 11.6 Å². The van der Waals surface area contributed by atoms with Crippen molar-refractivity contribution in [3.63, 3.8) is 0 Å². The summed E-state index contributed by atoms with van der Waals surface area (Å²) in [6, 6.07) is 14.5. The molecule has 1 aliphatic rings. The highest BCUT2D eigenvalue weighted by molar-refractivity contribution is 5.79. The number of nitrogens with one attached hydrogen (secondary N) is 1. The molecule has 1 unspecified atom stereocenters. The number of hydrogen-bond acceptors (Lipinski definition) is 9. The largest absolute Gasteiger partial charge is 0.496 e. The first-order valence-corrected chi connectivity index (χ1v) is 12.1. The van der Waals surface area contributed by atoms with Gasteiger partial charge < -0.3 is 15.0 Å². The van der Waals surface area contributed by atoms with Gasteiger partial charge in [-0.05, 0) is 43.2 Å². The van der Waals surface area contributed by atoms with Crippen molar-refractivity contribution in [3.8, 4) is 22.8 Å². The fourth-order valence-electron chi connectivity index (χ4n) is 4.37. The van der Waals surface area contributed by atoms with Crippen LogP contribution in [0.25, 0.3) is 17.1 Å². The van der Waals surface area contributed by atoms with E-state index in [0.29, 0.717) is 12.4 Å². The maximum Gasteiger partial charge on any atom is 0.266 e. The lowest BCUT2D eigenvalue weighted by atomic mass is 9.97. The summed E-state index contributed by atoms with van der Waals surface area (Å²) in [6.45, 7) is 1.89. The van der Waals surface area contributed by atoms with Crippen molar-refractivity contribution in [2.75, 3.05) is 31.6 Å². The number of amides is 1. The molecule has 3 aromatic heterocycles. The number of aromatic nitrogens is 7. The summed E-state index contributed by atoms with van der Waals surface area (Å²) in [7, 11) is 1.63. The normalized spacial score (nSPS) is 15.4. The minimum atomic E-state index is -0.253. The molecule has 0 spiro atoms. The average Bonchev–Trinajstić information content (AvgIpc) is 3.49. The van der Waals surface area contributed by atoms with Crippen molar-refractivity contribution in [2.45, 2.75) is 19.4 Å². The minimum absolute atomic E-state index is 0.0521. The SMILES string of the molecule is COc1ccccc1-c1ccc(N2CCCC(C(=O)NCCn3nc(-n4cncn4)ccc3=O)C2)nn1. The third-order valence-electron chi connectivity index (χ3n) is 6.28. The van der Waals surface area contributed by atoms with Crippen molar-refractivity contribution in [1.29, 1.82) is 0 Å². The van der Waals surface area contributed by atoms with E-state index in [0.717, 1.165) is 42.2 Å². The summed E-state index contributed by atoms with van der Waals surface area (Å²) in [4.78, 5) is 31.1. The first kappa shape index (κ1) is 24.1. The molecule has 190 valence electrons. The van der Waals surface area contributed by atoms with Crippen LogP contribution in [0.4, 0.5) is 5.82 Å². The Morgan fingerprint density at radius 2 is 1.97 bits per heavy atom. The fourth-order valence-corrected chi connectivity index (χ4v) is 4.37. The summed E-state index contributed by atoms with van der Waals surface area (Å²) in [6.07, 6.45) is 4.55. The molecule has 1 N–H and O–H groups in total. The number of ether oxygens (including phenoxy) is 1. The number of piperidine rings is 1. The van der Waals surface area contributed by atoms with Crippen molar-refractivity contribution in [1.82, 2.24) is 40.1 Å². The van der Waals surface area contributed by atoms with Gasteiger partial charge in [0, 0.05) is 31.3 Å². The number of rotatable bonds is 8. The van der Waals surface area contributed by atoms with E-state index in [1.165, 1.54) is 28.1 Å². The number of nitrogens with zero attached hydrogens (tertiary/aromatic N) is 8. The molecule has 12 nitrogen and oxygen atoms in total. The standard InChI is InChI=1S/C25H27N9O3/c1-37-21-7-3-2-6-19(21)20-8-9-22(30-29-20)32-13-4-5-18(15-32)25(36)27-12-14-33-24(35)11-10-23(31-33)34-17-26-16-28-34/h2-3,6-11,16-18H,4-5,12-15H2,1H3,(H,27,36). The van der Waals surface area contributed by atoms with Crippen LogP contribution in [0, 0.1) is 5.92 Å². The molecule has 4 heterocycles. The van der Waals surface area contributed by atoms with Crippen molar-refractivity contribution < 1.29 is 9.53 Å². The van der Waals surface area contributed by atoms with E-state index >= 15 is 0 Å². The first-order chi connectivity index (χ1) is 18.1. The lowest BCUT2D eigenvalue weighted by molar-refractivity contribution is -0.125. The number of methoxy groups -OCH3 is 1. The van der Waals surface area contributed by atoms with Crippen molar-refractivity contribution >= 4 is 11.7 Å². The number of benzene rings is 1. The molecule has 12 heteroatoms. The van der Waals surface area contributed by atoms with E-state index in [-0.39, 0.29) is 30.5 Å². The van der Waals surface area contributed by atoms with Gasteiger partial charge in [-0.3, -0.25) is 9.59 Å². The zero-order valence-electron chi connectivity index (χ0n) is 20.4. The number of para-hydroxylation sites is 1. The topological polar surface area (TPSA) is 133 Å². The second-order valence-corrected chi connectivity index (χ2v) is 8.65. The quantitative estimate of drug-likeness (QED) is 0.379. The predicted molar refractivity (Wildman–Crippen MR) is 135 cm³/mol. The molecule has 1 aromatic carbocycles. The lowest BCUT2D eigenvalue weighted by Gasteiger charge is -2.32. The second kappa shape index (κ2) is 11.0. The Hall–Kier alpha value is -4.61. The molecule has 4 aromatic rings. The Kier molecular flexibility index (Phi) is 7.15. The van der Waals surface area contributed by atoms with E-state index in [4.69, 9.17) is 4.74 Å². The number of carbonyl (C=O) groups is 1. The van der Waals surface area contributed by atoms with Crippen LogP contribution in [0.1, 0.15) is 12.8 Å². The maximum atomic E-state index is 12.9. The van der Waals surface area contributed by atoms with Crippen LogP contribution in [0.2, 0.25) is 0 Å². The Morgan fingerprint density at radius 3 is 2.76 bits per heavy atom.